The summed E-state index contributed by atoms with van der Waals surface area (Å²) in [5.74, 6) is 0. The van der Waals surface area contributed by atoms with E-state index in [1.54, 1.807) is 31.2 Å². The van der Waals surface area contributed by atoms with Crippen molar-refractivity contribution in [2.75, 3.05) is 5.32 Å². The van der Waals surface area contributed by atoms with Gasteiger partial charge in [-0.25, -0.2) is 0 Å². The third kappa shape index (κ3) is 3.74. The lowest BCUT2D eigenvalue weighted by Crippen LogP contribution is -2.00. The van der Waals surface area contributed by atoms with Crippen molar-refractivity contribution in [2.24, 2.45) is 0 Å². The maximum atomic E-state index is 11.1. The van der Waals surface area contributed by atoms with Gasteiger partial charge < -0.3 is 10.4 Å². The number of nitrogens with zero attached hydrogens (tertiary/aromatic N) is 2. The number of halogens is 1. The quantitative estimate of drug-likeness (QED) is 0.629. The third-order valence-electron chi connectivity index (χ3n) is 3.13. The number of nitro groups is 2. The molecule has 0 radical (unpaired) electrons. The van der Waals surface area contributed by atoms with Gasteiger partial charge in [-0.2, -0.15) is 0 Å². The molecule has 0 aliphatic rings. The second-order valence-corrected chi connectivity index (χ2v) is 5.17. The second kappa shape index (κ2) is 6.59. The highest BCUT2D eigenvalue weighted by Crippen LogP contribution is 2.37. The van der Waals surface area contributed by atoms with Crippen molar-refractivity contribution in [3.8, 4) is 0 Å². The first-order chi connectivity index (χ1) is 10.8. The van der Waals surface area contributed by atoms with E-state index in [1.807, 2.05) is 0 Å². The summed E-state index contributed by atoms with van der Waals surface area (Å²) >= 11 is 5.80. The van der Waals surface area contributed by atoms with Crippen LogP contribution in [0, 0.1) is 20.2 Å². The van der Waals surface area contributed by atoms with Crippen molar-refractivity contribution in [2.45, 2.75) is 13.0 Å². The molecule has 1 atom stereocenters. The first kappa shape index (κ1) is 16.7. The Morgan fingerprint density at radius 1 is 1.09 bits per heavy atom. The lowest BCUT2D eigenvalue weighted by Gasteiger charge is -2.10. The van der Waals surface area contributed by atoms with Gasteiger partial charge in [0.25, 0.3) is 11.4 Å². The number of hydrogen-bond donors (Lipinski definition) is 2. The molecule has 2 N–H and O–H groups in total. The Morgan fingerprint density at radius 3 is 2.13 bits per heavy atom. The molecule has 120 valence electrons. The molecule has 0 heterocycles. The molecule has 9 heteroatoms. The summed E-state index contributed by atoms with van der Waals surface area (Å²) < 4.78 is 0. The van der Waals surface area contributed by atoms with Crippen molar-refractivity contribution >= 4 is 34.4 Å². The molecule has 0 aliphatic heterocycles. The summed E-state index contributed by atoms with van der Waals surface area (Å²) in [6, 6.07) is 8.52. The molecular weight excluding hydrogens is 326 g/mol. The lowest BCUT2D eigenvalue weighted by atomic mass is 10.1. The zero-order valence-corrected chi connectivity index (χ0v) is 12.6. The zero-order valence-electron chi connectivity index (χ0n) is 11.9. The Hall–Kier alpha value is -2.71. The van der Waals surface area contributed by atoms with E-state index in [0.29, 0.717) is 11.3 Å². The molecule has 23 heavy (non-hydrogen) atoms. The fourth-order valence-electron chi connectivity index (χ4n) is 1.94. The smallest absolute Gasteiger partial charge is 0.299 e. The molecule has 2 rings (SSSR count). The zero-order chi connectivity index (χ0) is 17.1. The van der Waals surface area contributed by atoms with Gasteiger partial charge in [-0.15, -0.1) is 0 Å². The maximum Gasteiger partial charge on any atom is 0.299 e. The Bertz CT molecular complexity index is 762. The van der Waals surface area contributed by atoms with E-state index in [-0.39, 0.29) is 10.7 Å². The van der Waals surface area contributed by atoms with Crippen LogP contribution in [0.5, 0.6) is 0 Å². The molecule has 8 nitrogen and oxygen atoms in total. The van der Waals surface area contributed by atoms with Gasteiger partial charge >= 0.3 is 0 Å². The van der Waals surface area contributed by atoms with E-state index in [9.17, 15) is 25.3 Å². The van der Waals surface area contributed by atoms with Crippen LogP contribution < -0.4 is 5.32 Å². The molecule has 0 bridgehead atoms. The average Bonchev–Trinajstić information content (AvgIpc) is 2.47. The number of rotatable bonds is 5. The van der Waals surface area contributed by atoms with E-state index >= 15 is 0 Å². The highest BCUT2D eigenvalue weighted by Gasteiger charge is 2.23. The highest BCUT2D eigenvalue weighted by atomic mass is 35.5. The first-order valence-electron chi connectivity index (χ1n) is 6.47. The Labute approximate surface area is 135 Å². The van der Waals surface area contributed by atoms with Crippen LogP contribution in [0.1, 0.15) is 18.6 Å². The second-order valence-electron chi connectivity index (χ2n) is 4.76. The fraction of sp³-hybridized carbons (Fsp3) is 0.143. The van der Waals surface area contributed by atoms with Crippen molar-refractivity contribution in [1.82, 2.24) is 0 Å². The molecule has 2 aromatic rings. The summed E-state index contributed by atoms with van der Waals surface area (Å²) in [7, 11) is 0. The predicted octanol–water partition coefficient (Wildman–Crippen LogP) is 3.95. The molecule has 0 spiro atoms. The van der Waals surface area contributed by atoms with Crippen LogP contribution in [0.15, 0.2) is 36.4 Å². The number of nitro benzene ring substituents is 2. The summed E-state index contributed by atoms with van der Waals surface area (Å²) in [6.07, 6.45) is -0.632. The lowest BCUT2D eigenvalue weighted by molar-refractivity contribution is -0.393. The summed E-state index contributed by atoms with van der Waals surface area (Å²) in [5, 5.41) is 34.0. The van der Waals surface area contributed by atoms with Gasteiger partial charge in [0.05, 0.1) is 22.0 Å². The van der Waals surface area contributed by atoms with Crippen LogP contribution in [0.2, 0.25) is 5.02 Å². The first-order valence-corrected chi connectivity index (χ1v) is 6.84. The standard InChI is InChI=1S/C14H12ClN3O5/c1-8(19)9-2-4-10(5-3-9)16-12-6-11(15)13(17(20)21)7-14(12)18(22)23/h2-8,16,19H,1H3. The number of aliphatic hydroxyl groups is 1. The third-order valence-corrected chi connectivity index (χ3v) is 3.43. The van der Waals surface area contributed by atoms with Crippen LogP contribution in [0.25, 0.3) is 0 Å². The van der Waals surface area contributed by atoms with Gasteiger partial charge in [0, 0.05) is 5.69 Å². The van der Waals surface area contributed by atoms with Crippen molar-refractivity contribution in [1.29, 1.82) is 0 Å². The predicted molar refractivity (Wildman–Crippen MR) is 85.1 cm³/mol. The molecule has 1 unspecified atom stereocenters. The number of aliphatic hydroxyl groups excluding tert-OH is 1. The minimum atomic E-state index is -0.781. The summed E-state index contributed by atoms with van der Waals surface area (Å²) in [6.45, 7) is 1.61. The minimum absolute atomic E-state index is 0.0374. The number of hydrogen-bond acceptors (Lipinski definition) is 6. The molecule has 0 aliphatic carbocycles. The monoisotopic (exact) mass is 337 g/mol. The van der Waals surface area contributed by atoms with E-state index in [1.165, 1.54) is 0 Å². The number of nitrogens with one attached hydrogen (secondary N) is 1. The van der Waals surface area contributed by atoms with Crippen LogP contribution in [0.3, 0.4) is 0 Å². The topological polar surface area (TPSA) is 119 Å². The maximum absolute atomic E-state index is 11.1. The van der Waals surface area contributed by atoms with E-state index in [2.05, 4.69) is 5.32 Å². The van der Waals surface area contributed by atoms with Crippen LogP contribution in [-0.2, 0) is 0 Å². The molecular formula is C14H12ClN3O5. The SMILES string of the molecule is CC(O)c1ccc(Nc2cc(Cl)c([N+](=O)[O-])cc2[N+](=O)[O-])cc1. The van der Waals surface area contributed by atoms with Crippen molar-refractivity contribution in [3.05, 3.63) is 67.2 Å². The normalized spacial score (nSPS) is 11.8. The van der Waals surface area contributed by atoms with Gasteiger partial charge in [-0.3, -0.25) is 20.2 Å². The fourth-order valence-corrected chi connectivity index (χ4v) is 2.18. The molecule has 0 amide bonds. The van der Waals surface area contributed by atoms with E-state index < -0.39 is 27.3 Å². The Kier molecular flexibility index (Phi) is 4.77. The number of benzene rings is 2. The van der Waals surface area contributed by atoms with Gasteiger partial charge in [0.2, 0.25) is 0 Å². The van der Waals surface area contributed by atoms with E-state index in [4.69, 9.17) is 11.6 Å². The molecule has 0 aromatic heterocycles. The Balaban J connectivity index is 2.40. The van der Waals surface area contributed by atoms with Crippen LogP contribution >= 0.6 is 11.6 Å². The molecule has 0 fully saturated rings. The molecule has 0 saturated carbocycles. The summed E-state index contributed by atoms with van der Waals surface area (Å²) in [5.41, 5.74) is 0.249. The minimum Gasteiger partial charge on any atom is -0.389 e. The van der Waals surface area contributed by atoms with Crippen molar-refractivity contribution in [3.63, 3.8) is 0 Å². The van der Waals surface area contributed by atoms with Crippen LogP contribution in [-0.4, -0.2) is 15.0 Å². The highest BCUT2D eigenvalue weighted by molar-refractivity contribution is 6.33. The van der Waals surface area contributed by atoms with E-state index in [0.717, 1.165) is 12.1 Å². The van der Waals surface area contributed by atoms with Gasteiger partial charge in [0.1, 0.15) is 10.7 Å². The molecule has 0 saturated heterocycles. The van der Waals surface area contributed by atoms with Gasteiger partial charge in [-0.1, -0.05) is 23.7 Å². The summed E-state index contributed by atoms with van der Waals surface area (Å²) in [4.78, 5) is 20.4. The van der Waals surface area contributed by atoms with Crippen molar-refractivity contribution < 1.29 is 15.0 Å². The molecule has 2 aromatic carbocycles. The Morgan fingerprint density at radius 2 is 1.65 bits per heavy atom. The van der Waals surface area contributed by atoms with Gasteiger partial charge in [-0.05, 0) is 30.7 Å². The van der Waals surface area contributed by atoms with Gasteiger partial charge in [0.15, 0.2) is 0 Å². The van der Waals surface area contributed by atoms with Crippen LogP contribution in [0.4, 0.5) is 22.7 Å². The largest absolute Gasteiger partial charge is 0.389 e. The number of anilines is 2. The average molecular weight is 338 g/mol.